The van der Waals surface area contributed by atoms with Gasteiger partial charge in [-0.05, 0) is 41.5 Å². The summed E-state index contributed by atoms with van der Waals surface area (Å²) in [6.07, 6.45) is 0. The molecule has 2 aromatic rings. The van der Waals surface area contributed by atoms with Crippen LogP contribution in [-0.4, -0.2) is 5.91 Å². The minimum atomic E-state index is -0.633. The van der Waals surface area contributed by atoms with Crippen LogP contribution >= 0.6 is 0 Å². The van der Waals surface area contributed by atoms with Gasteiger partial charge in [0.2, 0.25) is 0 Å². The van der Waals surface area contributed by atoms with Gasteiger partial charge in [-0.15, -0.1) is 0 Å². The van der Waals surface area contributed by atoms with Crippen LogP contribution in [0.15, 0.2) is 36.4 Å². The van der Waals surface area contributed by atoms with E-state index in [1.165, 1.54) is 12.1 Å². The van der Waals surface area contributed by atoms with Crippen LogP contribution in [0.5, 0.6) is 0 Å². The Morgan fingerprint density at radius 2 is 2.00 bits per heavy atom. The van der Waals surface area contributed by atoms with Crippen molar-refractivity contribution in [3.05, 3.63) is 64.5 Å². The van der Waals surface area contributed by atoms with Crippen LogP contribution in [0.25, 0.3) is 0 Å². The molecule has 0 bridgehead atoms. The van der Waals surface area contributed by atoms with E-state index in [9.17, 15) is 9.18 Å². The number of ether oxygens (including phenoxy) is 1. The molecular weight excluding hydrogens is 271 g/mol. The molecule has 0 spiro atoms. The Balaban J connectivity index is 1.82. The topological polar surface area (TPSA) is 62.1 Å². The Kier molecular flexibility index (Phi) is 3.38. The van der Waals surface area contributed by atoms with Gasteiger partial charge in [-0.25, -0.2) is 4.39 Å². The second-order valence-electron chi connectivity index (χ2n) is 4.74. The van der Waals surface area contributed by atoms with Crippen molar-refractivity contribution >= 4 is 11.6 Å². The molecule has 0 radical (unpaired) electrons. The van der Waals surface area contributed by atoms with Crippen LogP contribution < -0.4 is 5.32 Å². The molecule has 1 N–H and O–H groups in total. The lowest BCUT2D eigenvalue weighted by Gasteiger charge is -2.07. The Morgan fingerprint density at radius 1 is 1.19 bits per heavy atom. The number of benzene rings is 2. The average molecular weight is 282 g/mol. The number of carbonyl (C=O) groups is 1. The number of nitriles is 1. The van der Waals surface area contributed by atoms with Crippen molar-refractivity contribution in [2.45, 2.75) is 13.2 Å². The first-order valence-corrected chi connectivity index (χ1v) is 6.38. The predicted octanol–water partition coefficient (Wildman–Crippen LogP) is 2.98. The summed E-state index contributed by atoms with van der Waals surface area (Å²) in [6, 6.07) is 11.0. The number of anilines is 1. The summed E-state index contributed by atoms with van der Waals surface area (Å²) < 4.78 is 19.0. The second-order valence-corrected chi connectivity index (χ2v) is 4.74. The molecule has 4 nitrogen and oxygen atoms in total. The fraction of sp³-hybridized carbons (Fsp3) is 0.125. The van der Waals surface area contributed by atoms with Crippen molar-refractivity contribution < 1.29 is 13.9 Å². The van der Waals surface area contributed by atoms with Crippen molar-refractivity contribution in [3.8, 4) is 6.07 Å². The number of halogens is 1. The lowest BCUT2D eigenvalue weighted by molar-refractivity contribution is 0.102. The van der Waals surface area contributed by atoms with E-state index in [4.69, 9.17) is 10.00 Å². The van der Waals surface area contributed by atoms with E-state index in [1.807, 2.05) is 12.1 Å². The van der Waals surface area contributed by atoms with Gasteiger partial charge in [0.1, 0.15) is 5.82 Å². The molecule has 0 unspecified atom stereocenters. The van der Waals surface area contributed by atoms with E-state index in [1.54, 1.807) is 12.1 Å². The maximum Gasteiger partial charge on any atom is 0.255 e. The molecule has 0 aliphatic carbocycles. The quantitative estimate of drug-likeness (QED) is 0.921. The van der Waals surface area contributed by atoms with Gasteiger partial charge in [0.05, 0.1) is 30.5 Å². The normalized spacial score (nSPS) is 12.6. The predicted molar refractivity (Wildman–Crippen MR) is 74.0 cm³/mol. The average Bonchev–Trinajstić information content (AvgIpc) is 2.96. The zero-order valence-corrected chi connectivity index (χ0v) is 11.0. The van der Waals surface area contributed by atoms with Gasteiger partial charge >= 0.3 is 0 Å². The Bertz CT molecular complexity index is 765. The Hall–Kier alpha value is -2.71. The van der Waals surface area contributed by atoms with E-state index in [0.29, 0.717) is 18.8 Å². The molecule has 2 aromatic carbocycles. The van der Waals surface area contributed by atoms with E-state index in [-0.39, 0.29) is 11.3 Å². The third-order valence-electron chi connectivity index (χ3n) is 3.33. The number of fused-ring (bicyclic) bond motifs is 1. The first kappa shape index (κ1) is 13.3. The van der Waals surface area contributed by atoms with Crippen LogP contribution in [-0.2, 0) is 18.0 Å². The fourth-order valence-corrected chi connectivity index (χ4v) is 2.19. The largest absolute Gasteiger partial charge is 0.372 e. The SMILES string of the molecule is N#Cc1ccc(NC(=O)c2ccc3c(c2)COC3)c(F)c1. The number of amides is 1. The molecule has 0 saturated carbocycles. The van der Waals surface area contributed by atoms with Gasteiger partial charge in [0.15, 0.2) is 0 Å². The van der Waals surface area contributed by atoms with Crippen molar-refractivity contribution in [2.75, 3.05) is 5.32 Å². The van der Waals surface area contributed by atoms with Crippen LogP contribution in [0.4, 0.5) is 10.1 Å². The van der Waals surface area contributed by atoms with Crippen molar-refractivity contribution in [1.29, 1.82) is 5.26 Å². The van der Waals surface area contributed by atoms with E-state index in [2.05, 4.69) is 5.32 Å². The van der Waals surface area contributed by atoms with Crippen LogP contribution in [0, 0.1) is 17.1 Å². The minimum Gasteiger partial charge on any atom is -0.372 e. The molecule has 1 aliphatic rings. The number of hydrogen-bond acceptors (Lipinski definition) is 3. The van der Waals surface area contributed by atoms with Crippen molar-refractivity contribution in [3.63, 3.8) is 0 Å². The van der Waals surface area contributed by atoms with Gasteiger partial charge in [-0.3, -0.25) is 4.79 Å². The molecule has 21 heavy (non-hydrogen) atoms. The van der Waals surface area contributed by atoms with Crippen LogP contribution in [0.2, 0.25) is 0 Å². The number of nitrogens with one attached hydrogen (secondary N) is 1. The molecule has 0 atom stereocenters. The third kappa shape index (κ3) is 2.62. The van der Waals surface area contributed by atoms with E-state index < -0.39 is 11.7 Å². The highest BCUT2D eigenvalue weighted by Crippen LogP contribution is 2.22. The van der Waals surface area contributed by atoms with E-state index >= 15 is 0 Å². The van der Waals surface area contributed by atoms with Gasteiger partial charge in [0.25, 0.3) is 5.91 Å². The summed E-state index contributed by atoms with van der Waals surface area (Å²) in [6.45, 7) is 1.04. The first-order chi connectivity index (χ1) is 10.2. The first-order valence-electron chi connectivity index (χ1n) is 6.38. The summed E-state index contributed by atoms with van der Waals surface area (Å²) in [5.41, 5.74) is 2.75. The maximum atomic E-state index is 13.7. The number of nitrogens with zero attached hydrogens (tertiary/aromatic N) is 1. The van der Waals surface area contributed by atoms with E-state index in [0.717, 1.165) is 17.2 Å². The zero-order chi connectivity index (χ0) is 14.8. The second kappa shape index (κ2) is 5.35. The molecule has 104 valence electrons. The van der Waals surface area contributed by atoms with Crippen molar-refractivity contribution in [2.24, 2.45) is 0 Å². The lowest BCUT2D eigenvalue weighted by Crippen LogP contribution is -2.13. The monoisotopic (exact) mass is 282 g/mol. The molecule has 0 aromatic heterocycles. The Labute approximate surface area is 120 Å². The number of hydrogen-bond donors (Lipinski definition) is 1. The highest BCUT2D eigenvalue weighted by molar-refractivity contribution is 6.04. The number of rotatable bonds is 2. The highest BCUT2D eigenvalue weighted by Gasteiger charge is 2.15. The summed E-state index contributed by atoms with van der Waals surface area (Å²) in [4.78, 5) is 12.1. The molecule has 1 heterocycles. The van der Waals surface area contributed by atoms with Crippen LogP contribution in [0.1, 0.15) is 27.0 Å². The fourth-order valence-electron chi connectivity index (χ4n) is 2.19. The van der Waals surface area contributed by atoms with Crippen molar-refractivity contribution in [1.82, 2.24) is 0 Å². The smallest absolute Gasteiger partial charge is 0.255 e. The molecule has 1 amide bonds. The molecule has 0 saturated heterocycles. The molecule has 3 rings (SSSR count). The highest BCUT2D eigenvalue weighted by atomic mass is 19.1. The summed E-state index contributed by atoms with van der Waals surface area (Å²) in [5, 5.41) is 11.2. The summed E-state index contributed by atoms with van der Waals surface area (Å²) in [5.74, 6) is -1.03. The van der Waals surface area contributed by atoms with Gasteiger partial charge in [0, 0.05) is 5.56 Å². The number of carbonyl (C=O) groups excluding carboxylic acids is 1. The van der Waals surface area contributed by atoms with Gasteiger partial charge < -0.3 is 10.1 Å². The lowest BCUT2D eigenvalue weighted by atomic mass is 10.1. The summed E-state index contributed by atoms with van der Waals surface area (Å²) >= 11 is 0. The van der Waals surface area contributed by atoms with Gasteiger partial charge in [-0.2, -0.15) is 5.26 Å². The minimum absolute atomic E-state index is 0.0516. The maximum absolute atomic E-state index is 13.7. The standard InChI is InChI=1S/C16H11FN2O2/c17-14-5-10(7-18)1-4-15(14)19-16(20)11-2-3-12-8-21-9-13(12)6-11/h1-6H,8-9H2,(H,19,20). The third-order valence-corrected chi connectivity index (χ3v) is 3.33. The zero-order valence-electron chi connectivity index (χ0n) is 11.0. The van der Waals surface area contributed by atoms with Crippen LogP contribution in [0.3, 0.4) is 0 Å². The van der Waals surface area contributed by atoms with Gasteiger partial charge in [-0.1, -0.05) is 6.07 Å². The molecular formula is C16H11FN2O2. The molecule has 1 aliphatic heterocycles. The molecule has 0 fully saturated rings. The molecule has 5 heteroatoms. The Morgan fingerprint density at radius 3 is 2.76 bits per heavy atom. The summed E-state index contributed by atoms with van der Waals surface area (Å²) in [7, 11) is 0.